The summed E-state index contributed by atoms with van der Waals surface area (Å²) in [7, 11) is 0. The number of amides is 2. The second kappa shape index (κ2) is 7.07. The zero-order chi connectivity index (χ0) is 15.4. The number of nitrogens with one attached hydrogen (secondary N) is 1. The zero-order valence-electron chi connectivity index (χ0n) is 12.5. The molecule has 2 rings (SSSR count). The van der Waals surface area contributed by atoms with E-state index in [0.717, 1.165) is 41.7 Å². The molecule has 5 heteroatoms. The largest absolute Gasteiger partial charge is 0.342 e. The monoisotopic (exact) mass is 352 g/mol. The maximum atomic E-state index is 12.1. The standard InChI is InChI=1S/C16H21BrN2O2/c1-11-4-3-7-19(10-11)16(21)9-15(20)18-14-6-5-13(17)8-12(14)2/h5-6,8,11H,3-4,7,9-10H2,1-2H3,(H,18,20). The molecule has 0 aromatic heterocycles. The fourth-order valence-electron chi connectivity index (χ4n) is 2.63. The highest BCUT2D eigenvalue weighted by molar-refractivity contribution is 9.10. The number of hydrogen-bond acceptors (Lipinski definition) is 2. The van der Waals surface area contributed by atoms with Crippen LogP contribution in [-0.4, -0.2) is 29.8 Å². The molecule has 1 unspecified atom stereocenters. The van der Waals surface area contributed by atoms with Gasteiger partial charge in [0.2, 0.25) is 11.8 Å². The summed E-state index contributed by atoms with van der Waals surface area (Å²) in [6.45, 7) is 5.61. The summed E-state index contributed by atoms with van der Waals surface area (Å²) in [4.78, 5) is 26.0. The van der Waals surface area contributed by atoms with Gasteiger partial charge in [0, 0.05) is 23.2 Å². The molecular weight excluding hydrogens is 332 g/mol. The molecule has 1 aliphatic rings. The van der Waals surface area contributed by atoms with Crippen LogP contribution in [0.1, 0.15) is 31.7 Å². The van der Waals surface area contributed by atoms with E-state index in [1.807, 2.05) is 30.0 Å². The van der Waals surface area contributed by atoms with Crippen LogP contribution in [0.4, 0.5) is 5.69 Å². The van der Waals surface area contributed by atoms with Crippen LogP contribution >= 0.6 is 15.9 Å². The Balaban J connectivity index is 1.90. The number of benzene rings is 1. The lowest BCUT2D eigenvalue weighted by atomic mass is 10.00. The van der Waals surface area contributed by atoms with Crippen LogP contribution in [0.25, 0.3) is 0 Å². The summed E-state index contributed by atoms with van der Waals surface area (Å²) < 4.78 is 0.969. The molecule has 1 aromatic rings. The maximum absolute atomic E-state index is 12.1. The van der Waals surface area contributed by atoms with Crippen LogP contribution in [0.15, 0.2) is 22.7 Å². The summed E-state index contributed by atoms with van der Waals surface area (Å²) in [6, 6.07) is 5.64. The first-order chi connectivity index (χ1) is 9.95. The van der Waals surface area contributed by atoms with Crippen molar-refractivity contribution in [3.8, 4) is 0 Å². The fourth-order valence-corrected chi connectivity index (χ4v) is 3.10. The molecule has 1 fully saturated rings. The smallest absolute Gasteiger partial charge is 0.233 e. The van der Waals surface area contributed by atoms with E-state index in [0.29, 0.717) is 5.92 Å². The quantitative estimate of drug-likeness (QED) is 0.848. The predicted octanol–water partition coefficient (Wildman–Crippen LogP) is 3.34. The topological polar surface area (TPSA) is 49.4 Å². The SMILES string of the molecule is Cc1cc(Br)ccc1NC(=O)CC(=O)N1CCCC(C)C1. The number of carbonyl (C=O) groups excluding carboxylic acids is 2. The summed E-state index contributed by atoms with van der Waals surface area (Å²) in [5.41, 5.74) is 1.72. The molecule has 2 amide bonds. The Morgan fingerprint density at radius 1 is 1.43 bits per heavy atom. The Hall–Kier alpha value is -1.36. The number of rotatable bonds is 3. The van der Waals surface area contributed by atoms with Crippen molar-refractivity contribution in [3.63, 3.8) is 0 Å². The minimum atomic E-state index is -0.247. The fraction of sp³-hybridized carbons (Fsp3) is 0.500. The molecular formula is C16H21BrN2O2. The number of piperidine rings is 1. The van der Waals surface area contributed by atoms with Crippen molar-refractivity contribution >= 4 is 33.4 Å². The van der Waals surface area contributed by atoms with E-state index in [1.165, 1.54) is 0 Å². The summed E-state index contributed by atoms with van der Waals surface area (Å²) >= 11 is 3.39. The van der Waals surface area contributed by atoms with Crippen LogP contribution in [0.3, 0.4) is 0 Å². The van der Waals surface area contributed by atoms with Gasteiger partial charge >= 0.3 is 0 Å². The van der Waals surface area contributed by atoms with Crippen molar-refractivity contribution in [3.05, 3.63) is 28.2 Å². The molecule has 0 radical (unpaired) electrons. The molecule has 0 spiro atoms. The van der Waals surface area contributed by atoms with E-state index in [4.69, 9.17) is 0 Å². The average molecular weight is 353 g/mol. The highest BCUT2D eigenvalue weighted by atomic mass is 79.9. The molecule has 4 nitrogen and oxygen atoms in total. The van der Waals surface area contributed by atoms with Gasteiger partial charge in [-0.3, -0.25) is 9.59 Å². The number of nitrogens with zero attached hydrogens (tertiary/aromatic N) is 1. The molecule has 114 valence electrons. The lowest BCUT2D eigenvalue weighted by Crippen LogP contribution is -2.40. The van der Waals surface area contributed by atoms with Gasteiger partial charge in [0.25, 0.3) is 0 Å². The van der Waals surface area contributed by atoms with Crippen LogP contribution in [-0.2, 0) is 9.59 Å². The van der Waals surface area contributed by atoms with Crippen LogP contribution in [0, 0.1) is 12.8 Å². The van der Waals surface area contributed by atoms with Crippen molar-refractivity contribution in [2.75, 3.05) is 18.4 Å². The third-order valence-electron chi connectivity index (χ3n) is 3.78. The highest BCUT2D eigenvalue weighted by Gasteiger charge is 2.22. The number of hydrogen-bond donors (Lipinski definition) is 1. The van der Waals surface area contributed by atoms with E-state index in [9.17, 15) is 9.59 Å². The van der Waals surface area contributed by atoms with Gasteiger partial charge in [-0.25, -0.2) is 0 Å². The van der Waals surface area contributed by atoms with Crippen molar-refractivity contribution in [2.45, 2.75) is 33.1 Å². The molecule has 0 saturated carbocycles. The second-order valence-corrected chi connectivity index (χ2v) is 6.69. The normalized spacial score (nSPS) is 18.4. The molecule has 1 N–H and O–H groups in total. The van der Waals surface area contributed by atoms with Gasteiger partial charge in [-0.15, -0.1) is 0 Å². The van der Waals surface area contributed by atoms with Crippen molar-refractivity contribution < 1.29 is 9.59 Å². The number of anilines is 1. The Labute approximate surface area is 134 Å². The van der Waals surface area contributed by atoms with E-state index < -0.39 is 0 Å². The highest BCUT2D eigenvalue weighted by Crippen LogP contribution is 2.20. The van der Waals surface area contributed by atoms with Crippen LogP contribution in [0.5, 0.6) is 0 Å². The third kappa shape index (κ3) is 4.56. The van der Waals surface area contributed by atoms with E-state index in [-0.39, 0.29) is 18.2 Å². The first kappa shape index (κ1) is 16.0. The minimum absolute atomic E-state index is 0.0752. The van der Waals surface area contributed by atoms with E-state index in [1.54, 1.807) is 0 Å². The molecule has 21 heavy (non-hydrogen) atoms. The van der Waals surface area contributed by atoms with Crippen molar-refractivity contribution in [2.24, 2.45) is 5.92 Å². The van der Waals surface area contributed by atoms with Gasteiger partial charge in [0.05, 0.1) is 0 Å². The van der Waals surface area contributed by atoms with Gasteiger partial charge in [0.15, 0.2) is 0 Å². The summed E-state index contributed by atoms with van der Waals surface area (Å²) in [5.74, 6) is 0.206. The molecule has 1 saturated heterocycles. The summed E-state index contributed by atoms with van der Waals surface area (Å²) in [5, 5.41) is 2.81. The Morgan fingerprint density at radius 2 is 2.19 bits per heavy atom. The number of aryl methyl sites for hydroxylation is 1. The van der Waals surface area contributed by atoms with Gasteiger partial charge in [-0.05, 0) is 49.4 Å². The molecule has 0 aliphatic carbocycles. The first-order valence-corrected chi connectivity index (χ1v) is 8.09. The minimum Gasteiger partial charge on any atom is -0.342 e. The molecule has 1 heterocycles. The zero-order valence-corrected chi connectivity index (χ0v) is 14.1. The van der Waals surface area contributed by atoms with Crippen molar-refractivity contribution in [1.29, 1.82) is 0 Å². The van der Waals surface area contributed by atoms with Gasteiger partial charge in [-0.2, -0.15) is 0 Å². The average Bonchev–Trinajstić information content (AvgIpc) is 2.42. The Morgan fingerprint density at radius 3 is 2.86 bits per heavy atom. The third-order valence-corrected chi connectivity index (χ3v) is 4.28. The Kier molecular flexibility index (Phi) is 5.39. The summed E-state index contributed by atoms with van der Waals surface area (Å²) in [6.07, 6.45) is 2.11. The molecule has 0 bridgehead atoms. The van der Waals surface area contributed by atoms with E-state index >= 15 is 0 Å². The number of carbonyl (C=O) groups is 2. The van der Waals surface area contributed by atoms with Crippen LogP contribution in [0.2, 0.25) is 0 Å². The van der Waals surface area contributed by atoms with Crippen LogP contribution < -0.4 is 5.32 Å². The van der Waals surface area contributed by atoms with Gasteiger partial charge in [-0.1, -0.05) is 22.9 Å². The lowest BCUT2D eigenvalue weighted by Gasteiger charge is -2.30. The first-order valence-electron chi connectivity index (χ1n) is 7.29. The number of likely N-dealkylation sites (tertiary alicyclic amines) is 1. The maximum Gasteiger partial charge on any atom is 0.233 e. The van der Waals surface area contributed by atoms with Gasteiger partial charge in [0.1, 0.15) is 6.42 Å². The second-order valence-electron chi connectivity index (χ2n) is 5.77. The molecule has 1 atom stereocenters. The molecule has 1 aromatic carbocycles. The molecule has 1 aliphatic heterocycles. The Bertz CT molecular complexity index is 545. The van der Waals surface area contributed by atoms with E-state index in [2.05, 4.69) is 28.2 Å². The predicted molar refractivity (Wildman–Crippen MR) is 87.1 cm³/mol. The van der Waals surface area contributed by atoms with Crippen molar-refractivity contribution in [1.82, 2.24) is 4.90 Å². The lowest BCUT2D eigenvalue weighted by molar-refractivity contribution is -0.136. The van der Waals surface area contributed by atoms with Gasteiger partial charge < -0.3 is 10.2 Å². The number of halogens is 1.